The highest BCUT2D eigenvalue weighted by molar-refractivity contribution is 7.13. The number of carbonyl (C=O) groups excluding carboxylic acids is 1. The van der Waals surface area contributed by atoms with Gasteiger partial charge in [-0.25, -0.2) is 0 Å². The number of rotatable bonds is 6. The molecule has 0 saturated carbocycles. The van der Waals surface area contributed by atoms with Gasteiger partial charge in [0.25, 0.3) is 5.91 Å². The second kappa shape index (κ2) is 6.87. The number of unbranched alkanes of at least 4 members (excludes halogenated alkanes) is 1. The van der Waals surface area contributed by atoms with Crippen molar-refractivity contribution in [3.8, 4) is 0 Å². The Kier molecular flexibility index (Phi) is 5.39. The van der Waals surface area contributed by atoms with Crippen molar-refractivity contribution < 1.29 is 4.79 Å². The van der Waals surface area contributed by atoms with Crippen molar-refractivity contribution in [1.82, 2.24) is 5.32 Å². The lowest BCUT2D eigenvalue weighted by molar-refractivity contribution is 0.0957. The van der Waals surface area contributed by atoms with Crippen LogP contribution in [0, 0.1) is 6.92 Å². The minimum Gasteiger partial charge on any atom is -0.351 e. The van der Waals surface area contributed by atoms with E-state index in [1.807, 2.05) is 19.1 Å². The number of azide groups is 1. The van der Waals surface area contributed by atoms with Crippen LogP contribution < -0.4 is 5.32 Å². The summed E-state index contributed by atoms with van der Waals surface area (Å²) < 4.78 is 0. The minimum absolute atomic E-state index is 0.0260. The number of hydrogen-bond donors (Lipinski definition) is 1. The molecule has 0 fully saturated rings. The van der Waals surface area contributed by atoms with Crippen LogP contribution in [0.3, 0.4) is 0 Å². The summed E-state index contributed by atoms with van der Waals surface area (Å²) in [6.45, 7) is 3.09. The molecule has 1 aromatic rings. The summed E-state index contributed by atoms with van der Waals surface area (Å²) in [7, 11) is 0. The third-order valence-electron chi connectivity index (χ3n) is 2.00. The van der Waals surface area contributed by atoms with Gasteiger partial charge in [-0.2, -0.15) is 0 Å². The van der Waals surface area contributed by atoms with Crippen molar-refractivity contribution in [2.24, 2.45) is 5.11 Å². The first-order chi connectivity index (χ1) is 7.74. The maximum Gasteiger partial charge on any atom is 0.261 e. The van der Waals surface area contributed by atoms with Gasteiger partial charge in [0, 0.05) is 22.9 Å². The molecule has 1 aromatic heterocycles. The van der Waals surface area contributed by atoms with Gasteiger partial charge < -0.3 is 5.32 Å². The summed E-state index contributed by atoms with van der Waals surface area (Å²) in [5.74, 6) is -0.0260. The zero-order chi connectivity index (χ0) is 11.8. The van der Waals surface area contributed by atoms with Gasteiger partial charge in [0.05, 0.1) is 4.88 Å². The van der Waals surface area contributed by atoms with Crippen LogP contribution in [0.4, 0.5) is 0 Å². The Morgan fingerprint density at radius 3 is 3.00 bits per heavy atom. The molecule has 1 heterocycles. The molecule has 1 N–H and O–H groups in total. The Morgan fingerprint density at radius 1 is 1.56 bits per heavy atom. The molecule has 0 saturated heterocycles. The molecule has 1 rings (SSSR count). The molecule has 0 bridgehead atoms. The zero-order valence-electron chi connectivity index (χ0n) is 9.14. The predicted octanol–water partition coefficient (Wildman–Crippen LogP) is 2.88. The smallest absolute Gasteiger partial charge is 0.261 e. The van der Waals surface area contributed by atoms with Crippen molar-refractivity contribution in [1.29, 1.82) is 0 Å². The van der Waals surface area contributed by atoms with Crippen LogP contribution in [0.1, 0.15) is 27.4 Å². The standard InChI is InChI=1S/C10H14N4OS/c1-8-4-5-9(16-8)10(15)12-6-2-3-7-13-14-11/h4-5H,2-3,6-7H2,1H3,(H,12,15). The third kappa shape index (κ3) is 4.33. The van der Waals surface area contributed by atoms with Crippen molar-refractivity contribution in [3.63, 3.8) is 0 Å². The van der Waals surface area contributed by atoms with Crippen LogP contribution in [0.2, 0.25) is 0 Å². The summed E-state index contributed by atoms with van der Waals surface area (Å²) >= 11 is 1.49. The van der Waals surface area contributed by atoms with Crippen LogP contribution in [0.25, 0.3) is 10.4 Å². The van der Waals surface area contributed by atoms with Crippen LogP contribution in [-0.2, 0) is 0 Å². The van der Waals surface area contributed by atoms with Gasteiger partial charge in [-0.3, -0.25) is 4.79 Å². The Bertz CT molecular complexity index is 395. The predicted molar refractivity (Wildman–Crippen MR) is 64.6 cm³/mol. The van der Waals surface area contributed by atoms with E-state index in [-0.39, 0.29) is 5.91 Å². The average Bonchev–Trinajstić information content (AvgIpc) is 2.70. The van der Waals surface area contributed by atoms with Crippen LogP contribution in [-0.4, -0.2) is 19.0 Å². The first-order valence-electron chi connectivity index (χ1n) is 5.09. The van der Waals surface area contributed by atoms with E-state index in [1.54, 1.807) is 0 Å². The summed E-state index contributed by atoms with van der Waals surface area (Å²) in [6.07, 6.45) is 1.63. The molecular formula is C10H14N4OS. The summed E-state index contributed by atoms with van der Waals surface area (Å²) in [5, 5.41) is 6.25. The molecule has 0 aliphatic rings. The number of hydrogen-bond acceptors (Lipinski definition) is 3. The molecular weight excluding hydrogens is 224 g/mol. The average molecular weight is 238 g/mol. The van der Waals surface area contributed by atoms with E-state index in [9.17, 15) is 4.79 Å². The lowest BCUT2D eigenvalue weighted by Gasteiger charge is -2.01. The highest BCUT2D eigenvalue weighted by Crippen LogP contribution is 2.14. The fourth-order valence-electron chi connectivity index (χ4n) is 1.20. The van der Waals surface area contributed by atoms with Crippen molar-refractivity contribution in [2.45, 2.75) is 19.8 Å². The Hall–Kier alpha value is -1.52. The van der Waals surface area contributed by atoms with E-state index in [1.165, 1.54) is 11.3 Å². The summed E-state index contributed by atoms with van der Waals surface area (Å²) in [5.41, 5.74) is 8.05. The van der Waals surface area contributed by atoms with Gasteiger partial charge in [0.1, 0.15) is 0 Å². The Balaban J connectivity index is 2.18. The van der Waals surface area contributed by atoms with Crippen molar-refractivity contribution in [3.05, 3.63) is 32.3 Å². The Labute approximate surface area is 98.1 Å². The normalized spacial score (nSPS) is 9.56. The topological polar surface area (TPSA) is 77.9 Å². The second-order valence-corrected chi connectivity index (χ2v) is 4.62. The highest BCUT2D eigenvalue weighted by Gasteiger charge is 2.06. The Morgan fingerprint density at radius 2 is 2.38 bits per heavy atom. The van der Waals surface area contributed by atoms with Crippen LogP contribution in [0.5, 0.6) is 0 Å². The van der Waals surface area contributed by atoms with Crippen molar-refractivity contribution in [2.75, 3.05) is 13.1 Å². The lowest BCUT2D eigenvalue weighted by Crippen LogP contribution is -2.23. The molecule has 1 amide bonds. The number of nitrogens with zero attached hydrogens (tertiary/aromatic N) is 3. The fraction of sp³-hybridized carbons (Fsp3) is 0.500. The summed E-state index contributed by atoms with van der Waals surface area (Å²) in [4.78, 5) is 16.1. The summed E-state index contributed by atoms with van der Waals surface area (Å²) in [6, 6.07) is 3.76. The zero-order valence-corrected chi connectivity index (χ0v) is 9.96. The molecule has 5 nitrogen and oxygen atoms in total. The fourth-order valence-corrected chi connectivity index (χ4v) is 1.98. The monoisotopic (exact) mass is 238 g/mol. The molecule has 0 aliphatic heterocycles. The molecule has 0 radical (unpaired) electrons. The molecule has 0 aromatic carbocycles. The van der Waals surface area contributed by atoms with Gasteiger partial charge in [0.2, 0.25) is 0 Å². The minimum atomic E-state index is -0.0260. The first kappa shape index (κ1) is 12.5. The third-order valence-corrected chi connectivity index (χ3v) is 3.00. The van der Waals surface area contributed by atoms with Crippen LogP contribution in [0.15, 0.2) is 17.2 Å². The quantitative estimate of drug-likeness (QED) is 0.351. The SMILES string of the molecule is Cc1ccc(C(=O)NCCCCN=[N+]=[N-])s1. The van der Waals surface area contributed by atoms with Gasteiger partial charge in [-0.1, -0.05) is 5.11 Å². The van der Waals surface area contributed by atoms with Crippen molar-refractivity contribution >= 4 is 17.2 Å². The maximum atomic E-state index is 11.6. The van der Waals surface area contributed by atoms with E-state index < -0.39 is 0 Å². The highest BCUT2D eigenvalue weighted by atomic mass is 32.1. The molecule has 0 aliphatic carbocycles. The van der Waals surface area contributed by atoms with E-state index in [2.05, 4.69) is 15.3 Å². The van der Waals surface area contributed by atoms with E-state index in [4.69, 9.17) is 5.53 Å². The molecule has 0 unspecified atom stereocenters. The van der Waals surface area contributed by atoms with Gasteiger partial charge in [-0.15, -0.1) is 11.3 Å². The molecule has 0 spiro atoms. The number of carbonyl (C=O) groups is 1. The van der Waals surface area contributed by atoms with Gasteiger partial charge in [-0.05, 0) is 37.4 Å². The van der Waals surface area contributed by atoms with Gasteiger partial charge >= 0.3 is 0 Å². The molecule has 86 valence electrons. The largest absolute Gasteiger partial charge is 0.351 e. The molecule has 0 atom stereocenters. The second-order valence-electron chi connectivity index (χ2n) is 3.33. The van der Waals surface area contributed by atoms with Gasteiger partial charge in [0.15, 0.2) is 0 Å². The maximum absolute atomic E-state index is 11.6. The molecule has 6 heteroatoms. The number of amides is 1. The van der Waals surface area contributed by atoms with E-state index in [0.717, 1.165) is 22.6 Å². The number of thiophene rings is 1. The van der Waals surface area contributed by atoms with E-state index >= 15 is 0 Å². The lowest BCUT2D eigenvalue weighted by atomic mass is 10.3. The van der Waals surface area contributed by atoms with E-state index in [0.29, 0.717) is 13.1 Å². The number of nitrogens with one attached hydrogen (secondary N) is 1. The first-order valence-corrected chi connectivity index (χ1v) is 5.91. The molecule has 16 heavy (non-hydrogen) atoms. The van der Waals surface area contributed by atoms with Crippen LogP contribution >= 0.6 is 11.3 Å². The number of aryl methyl sites for hydroxylation is 1.